The lowest BCUT2D eigenvalue weighted by atomic mass is 10.2. The molecule has 0 fully saturated rings. The SMILES string of the molecule is CCN(C)C(=O)Nc1ccc(CN)cc1. The van der Waals surface area contributed by atoms with Gasteiger partial charge in [-0.3, -0.25) is 0 Å². The number of carbonyl (C=O) groups is 1. The highest BCUT2D eigenvalue weighted by Gasteiger charge is 2.05. The molecular weight excluding hydrogens is 190 g/mol. The third-order valence-electron chi connectivity index (χ3n) is 2.26. The zero-order valence-corrected chi connectivity index (χ0v) is 9.16. The van der Waals surface area contributed by atoms with Gasteiger partial charge in [-0.25, -0.2) is 4.79 Å². The number of nitrogens with one attached hydrogen (secondary N) is 1. The van der Waals surface area contributed by atoms with Gasteiger partial charge in [-0.1, -0.05) is 12.1 Å². The summed E-state index contributed by atoms with van der Waals surface area (Å²) in [6.45, 7) is 3.13. The molecule has 0 aromatic heterocycles. The predicted molar refractivity (Wildman–Crippen MR) is 61.7 cm³/mol. The summed E-state index contributed by atoms with van der Waals surface area (Å²) in [5, 5.41) is 2.79. The average Bonchev–Trinajstić information content (AvgIpc) is 2.29. The van der Waals surface area contributed by atoms with E-state index in [0.29, 0.717) is 13.1 Å². The highest BCUT2D eigenvalue weighted by molar-refractivity contribution is 5.89. The second kappa shape index (κ2) is 5.36. The van der Waals surface area contributed by atoms with E-state index in [4.69, 9.17) is 5.73 Å². The number of nitrogens with zero attached hydrogens (tertiary/aromatic N) is 1. The van der Waals surface area contributed by atoms with Crippen LogP contribution < -0.4 is 11.1 Å². The van der Waals surface area contributed by atoms with Crippen LogP contribution in [0.5, 0.6) is 0 Å². The molecule has 1 rings (SSSR count). The van der Waals surface area contributed by atoms with Crippen LogP contribution in [0.25, 0.3) is 0 Å². The Morgan fingerprint density at radius 2 is 2.00 bits per heavy atom. The first kappa shape index (κ1) is 11.5. The summed E-state index contributed by atoms with van der Waals surface area (Å²) >= 11 is 0. The van der Waals surface area contributed by atoms with E-state index in [2.05, 4.69) is 5.32 Å². The Kier molecular flexibility index (Phi) is 4.12. The number of urea groups is 1. The van der Waals surface area contributed by atoms with Crippen LogP contribution in [0, 0.1) is 0 Å². The quantitative estimate of drug-likeness (QED) is 0.791. The van der Waals surface area contributed by atoms with E-state index in [1.54, 1.807) is 11.9 Å². The minimum atomic E-state index is -0.0991. The number of amides is 2. The Morgan fingerprint density at radius 3 is 2.47 bits per heavy atom. The van der Waals surface area contributed by atoms with Crippen molar-refractivity contribution in [3.8, 4) is 0 Å². The summed E-state index contributed by atoms with van der Waals surface area (Å²) in [4.78, 5) is 13.1. The van der Waals surface area contributed by atoms with E-state index in [1.165, 1.54) is 0 Å². The summed E-state index contributed by atoms with van der Waals surface area (Å²) in [6.07, 6.45) is 0. The Morgan fingerprint density at radius 1 is 1.40 bits per heavy atom. The summed E-state index contributed by atoms with van der Waals surface area (Å²) in [7, 11) is 1.75. The second-order valence-electron chi connectivity index (χ2n) is 3.35. The van der Waals surface area contributed by atoms with Crippen LogP contribution in [-0.2, 0) is 6.54 Å². The van der Waals surface area contributed by atoms with Gasteiger partial charge in [0.25, 0.3) is 0 Å². The molecule has 0 saturated heterocycles. The maximum Gasteiger partial charge on any atom is 0.321 e. The lowest BCUT2D eigenvalue weighted by molar-refractivity contribution is 0.224. The summed E-state index contributed by atoms with van der Waals surface area (Å²) in [5.74, 6) is 0. The fourth-order valence-electron chi connectivity index (χ4n) is 1.09. The fraction of sp³-hybridized carbons (Fsp3) is 0.364. The Bertz CT molecular complexity index is 321. The van der Waals surface area contributed by atoms with Gasteiger partial charge in [-0.05, 0) is 24.6 Å². The zero-order valence-electron chi connectivity index (χ0n) is 9.16. The molecule has 0 atom stereocenters. The van der Waals surface area contributed by atoms with Gasteiger partial charge in [-0.15, -0.1) is 0 Å². The van der Waals surface area contributed by atoms with E-state index >= 15 is 0 Å². The van der Waals surface area contributed by atoms with Crippen LogP contribution in [0.15, 0.2) is 24.3 Å². The van der Waals surface area contributed by atoms with Crippen molar-refractivity contribution in [3.63, 3.8) is 0 Å². The first-order chi connectivity index (χ1) is 7.17. The number of nitrogens with two attached hydrogens (primary N) is 1. The summed E-state index contributed by atoms with van der Waals surface area (Å²) in [5.41, 5.74) is 7.32. The van der Waals surface area contributed by atoms with Gasteiger partial charge in [-0.2, -0.15) is 0 Å². The monoisotopic (exact) mass is 207 g/mol. The summed E-state index contributed by atoms with van der Waals surface area (Å²) in [6, 6.07) is 7.41. The molecule has 0 unspecified atom stereocenters. The molecule has 15 heavy (non-hydrogen) atoms. The molecule has 0 spiro atoms. The van der Waals surface area contributed by atoms with Gasteiger partial charge in [0.2, 0.25) is 0 Å². The Balaban J connectivity index is 2.61. The molecule has 2 amide bonds. The highest BCUT2D eigenvalue weighted by atomic mass is 16.2. The molecule has 0 aliphatic carbocycles. The molecule has 1 aromatic carbocycles. The minimum Gasteiger partial charge on any atom is -0.328 e. The molecule has 0 radical (unpaired) electrons. The van der Waals surface area contributed by atoms with Crippen molar-refractivity contribution in [2.75, 3.05) is 18.9 Å². The third kappa shape index (κ3) is 3.25. The normalized spacial score (nSPS) is 9.80. The maximum absolute atomic E-state index is 11.5. The molecule has 4 nitrogen and oxygen atoms in total. The van der Waals surface area contributed by atoms with Crippen LogP contribution in [0.1, 0.15) is 12.5 Å². The molecule has 0 aliphatic rings. The molecule has 0 aliphatic heterocycles. The molecule has 1 aromatic rings. The number of hydrogen-bond donors (Lipinski definition) is 2. The Hall–Kier alpha value is -1.55. The van der Waals surface area contributed by atoms with Crippen LogP contribution in [0.3, 0.4) is 0 Å². The fourth-order valence-corrected chi connectivity index (χ4v) is 1.09. The molecule has 0 bridgehead atoms. The van der Waals surface area contributed by atoms with Crippen molar-refractivity contribution >= 4 is 11.7 Å². The van der Waals surface area contributed by atoms with Gasteiger partial charge < -0.3 is 16.0 Å². The van der Waals surface area contributed by atoms with E-state index in [-0.39, 0.29) is 6.03 Å². The highest BCUT2D eigenvalue weighted by Crippen LogP contribution is 2.09. The van der Waals surface area contributed by atoms with Crippen molar-refractivity contribution in [2.45, 2.75) is 13.5 Å². The van der Waals surface area contributed by atoms with Gasteiger partial charge in [0.15, 0.2) is 0 Å². The smallest absolute Gasteiger partial charge is 0.321 e. The standard InChI is InChI=1S/C11H17N3O/c1-3-14(2)11(15)13-10-6-4-9(8-12)5-7-10/h4-7H,3,8,12H2,1-2H3,(H,13,15). The average molecular weight is 207 g/mol. The topological polar surface area (TPSA) is 58.4 Å². The number of carbonyl (C=O) groups excluding carboxylic acids is 1. The predicted octanol–water partition coefficient (Wildman–Crippen LogP) is 1.63. The number of anilines is 1. The minimum absolute atomic E-state index is 0.0991. The van der Waals surface area contributed by atoms with Gasteiger partial charge in [0.1, 0.15) is 0 Å². The molecule has 0 saturated carbocycles. The molecule has 0 heterocycles. The lowest BCUT2D eigenvalue weighted by Crippen LogP contribution is -2.30. The number of hydrogen-bond acceptors (Lipinski definition) is 2. The van der Waals surface area contributed by atoms with Gasteiger partial charge in [0.05, 0.1) is 0 Å². The van der Waals surface area contributed by atoms with Crippen molar-refractivity contribution in [2.24, 2.45) is 5.73 Å². The van der Waals surface area contributed by atoms with Crippen LogP contribution in [0.2, 0.25) is 0 Å². The summed E-state index contributed by atoms with van der Waals surface area (Å²) < 4.78 is 0. The lowest BCUT2D eigenvalue weighted by Gasteiger charge is -2.15. The largest absolute Gasteiger partial charge is 0.328 e. The van der Waals surface area contributed by atoms with Crippen LogP contribution in [-0.4, -0.2) is 24.5 Å². The van der Waals surface area contributed by atoms with Crippen LogP contribution in [0.4, 0.5) is 10.5 Å². The van der Waals surface area contributed by atoms with Crippen molar-refractivity contribution in [1.29, 1.82) is 0 Å². The van der Waals surface area contributed by atoms with Crippen molar-refractivity contribution in [1.82, 2.24) is 4.90 Å². The zero-order chi connectivity index (χ0) is 11.3. The van der Waals surface area contributed by atoms with Crippen molar-refractivity contribution < 1.29 is 4.79 Å². The molecule has 82 valence electrons. The molecule has 4 heteroatoms. The van der Waals surface area contributed by atoms with Gasteiger partial charge >= 0.3 is 6.03 Å². The van der Waals surface area contributed by atoms with E-state index < -0.39 is 0 Å². The number of benzene rings is 1. The first-order valence-corrected chi connectivity index (χ1v) is 4.98. The number of rotatable bonds is 3. The molecular formula is C11H17N3O. The van der Waals surface area contributed by atoms with Crippen molar-refractivity contribution in [3.05, 3.63) is 29.8 Å². The van der Waals surface area contributed by atoms with E-state index in [1.807, 2.05) is 31.2 Å². The van der Waals surface area contributed by atoms with E-state index in [9.17, 15) is 4.79 Å². The van der Waals surface area contributed by atoms with Crippen LogP contribution >= 0.6 is 0 Å². The van der Waals surface area contributed by atoms with E-state index in [0.717, 1.165) is 11.3 Å². The molecule has 3 N–H and O–H groups in total. The Labute approximate surface area is 90.1 Å². The van der Waals surface area contributed by atoms with Gasteiger partial charge in [0, 0.05) is 25.8 Å². The maximum atomic E-state index is 11.5. The second-order valence-corrected chi connectivity index (χ2v) is 3.35. The first-order valence-electron chi connectivity index (χ1n) is 4.98. The third-order valence-corrected chi connectivity index (χ3v) is 2.26.